The first-order valence-corrected chi connectivity index (χ1v) is 6.14. The summed E-state index contributed by atoms with van der Waals surface area (Å²) in [6, 6.07) is 0.142. The molecule has 1 aromatic rings. The molecule has 1 fully saturated rings. The Morgan fingerprint density at radius 1 is 1.37 bits per heavy atom. The summed E-state index contributed by atoms with van der Waals surface area (Å²) in [6.45, 7) is 1.87. The fourth-order valence-corrected chi connectivity index (χ4v) is 1.96. The lowest BCUT2D eigenvalue weighted by molar-refractivity contribution is -0.128. The molecule has 1 aromatic heterocycles. The zero-order valence-corrected chi connectivity index (χ0v) is 11.2. The van der Waals surface area contributed by atoms with Crippen molar-refractivity contribution in [2.75, 3.05) is 44.4 Å². The first-order chi connectivity index (χ1) is 9.10. The molecule has 0 spiro atoms. The third-order valence-corrected chi connectivity index (χ3v) is 2.98. The van der Waals surface area contributed by atoms with E-state index < -0.39 is 0 Å². The standard InChI is InChI=1S/C11H18N6O2/c1-16(7-8(18)17-5-3-4-6-17)10-13-9(12)14-11(15-10)19-2/h3-7H2,1-2H3,(H2,12,13,14,15). The Morgan fingerprint density at radius 2 is 2.05 bits per heavy atom. The average Bonchev–Trinajstić information content (AvgIpc) is 2.91. The number of nitrogens with two attached hydrogens (primary N) is 1. The van der Waals surface area contributed by atoms with Gasteiger partial charge in [0.25, 0.3) is 0 Å². The van der Waals surface area contributed by atoms with Crippen LogP contribution in [0.3, 0.4) is 0 Å². The second-order valence-corrected chi connectivity index (χ2v) is 4.42. The van der Waals surface area contributed by atoms with Gasteiger partial charge in [-0.3, -0.25) is 4.79 Å². The molecule has 104 valence electrons. The lowest BCUT2D eigenvalue weighted by atomic mass is 10.4. The van der Waals surface area contributed by atoms with Gasteiger partial charge in [-0.2, -0.15) is 15.0 Å². The van der Waals surface area contributed by atoms with E-state index in [0.717, 1.165) is 25.9 Å². The fraction of sp³-hybridized carbons (Fsp3) is 0.636. The molecule has 0 aromatic carbocycles. The maximum atomic E-state index is 12.0. The number of rotatable bonds is 4. The lowest BCUT2D eigenvalue weighted by Gasteiger charge is -2.21. The van der Waals surface area contributed by atoms with E-state index in [9.17, 15) is 4.79 Å². The van der Waals surface area contributed by atoms with E-state index in [-0.39, 0.29) is 24.4 Å². The van der Waals surface area contributed by atoms with Crippen LogP contribution in [-0.2, 0) is 4.79 Å². The van der Waals surface area contributed by atoms with E-state index in [1.54, 1.807) is 11.9 Å². The molecule has 1 aliphatic rings. The Hall–Kier alpha value is -2.12. The monoisotopic (exact) mass is 266 g/mol. The van der Waals surface area contributed by atoms with Crippen molar-refractivity contribution in [3.05, 3.63) is 0 Å². The number of nitrogen functional groups attached to an aromatic ring is 1. The predicted octanol–water partition coefficient (Wildman–Crippen LogP) is -0.479. The summed E-state index contributed by atoms with van der Waals surface area (Å²) in [7, 11) is 3.19. The Bertz CT molecular complexity index is 460. The highest BCUT2D eigenvalue weighted by atomic mass is 16.5. The molecule has 0 aliphatic carbocycles. The van der Waals surface area contributed by atoms with Crippen LogP contribution in [0.2, 0.25) is 0 Å². The van der Waals surface area contributed by atoms with E-state index >= 15 is 0 Å². The van der Waals surface area contributed by atoms with Crippen LogP contribution >= 0.6 is 0 Å². The summed E-state index contributed by atoms with van der Waals surface area (Å²) in [5.74, 6) is 0.470. The predicted molar refractivity (Wildman–Crippen MR) is 69.9 cm³/mol. The molecule has 0 unspecified atom stereocenters. The van der Waals surface area contributed by atoms with Gasteiger partial charge in [-0.15, -0.1) is 0 Å². The minimum atomic E-state index is 0.0675. The van der Waals surface area contributed by atoms with Crippen LogP contribution in [0.5, 0.6) is 6.01 Å². The van der Waals surface area contributed by atoms with Crippen LogP contribution < -0.4 is 15.4 Å². The molecule has 1 amide bonds. The maximum absolute atomic E-state index is 12.0. The number of carbonyl (C=O) groups excluding carboxylic acids is 1. The van der Waals surface area contributed by atoms with Gasteiger partial charge in [0.1, 0.15) is 0 Å². The number of likely N-dealkylation sites (N-methyl/N-ethyl adjacent to an activating group) is 1. The van der Waals surface area contributed by atoms with Crippen molar-refractivity contribution in [2.24, 2.45) is 0 Å². The number of hydrogen-bond donors (Lipinski definition) is 1. The van der Waals surface area contributed by atoms with Crippen LogP contribution in [0.4, 0.5) is 11.9 Å². The molecule has 0 saturated carbocycles. The molecule has 19 heavy (non-hydrogen) atoms. The summed E-state index contributed by atoms with van der Waals surface area (Å²) < 4.78 is 4.93. The van der Waals surface area contributed by atoms with Crippen LogP contribution in [0.25, 0.3) is 0 Å². The van der Waals surface area contributed by atoms with Crippen molar-refractivity contribution in [1.82, 2.24) is 19.9 Å². The van der Waals surface area contributed by atoms with Gasteiger partial charge in [0.15, 0.2) is 0 Å². The molecular weight excluding hydrogens is 248 g/mol. The molecule has 2 heterocycles. The summed E-state index contributed by atoms with van der Waals surface area (Å²) in [6.07, 6.45) is 2.14. The highest BCUT2D eigenvalue weighted by Crippen LogP contribution is 2.13. The van der Waals surface area contributed by atoms with Crippen molar-refractivity contribution in [2.45, 2.75) is 12.8 Å². The highest BCUT2D eigenvalue weighted by molar-refractivity contribution is 5.81. The van der Waals surface area contributed by atoms with Gasteiger partial charge in [0, 0.05) is 20.1 Å². The molecule has 0 bridgehead atoms. The van der Waals surface area contributed by atoms with E-state index in [2.05, 4.69) is 15.0 Å². The average molecular weight is 266 g/mol. The molecular formula is C11H18N6O2. The number of methoxy groups -OCH3 is 1. The minimum absolute atomic E-state index is 0.0675. The quantitative estimate of drug-likeness (QED) is 0.786. The summed E-state index contributed by atoms with van der Waals surface area (Å²) in [5.41, 5.74) is 5.56. The first kappa shape index (κ1) is 13.3. The summed E-state index contributed by atoms with van der Waals surface area (Å²) in [4.78, 5) is 27.4. The van der Waals surface area contributed by atoms with E-state index in [4.69, 9.17) is 10.5 Å². The Kier molecular flexibility index (Phi) is 3.98. The molecule has 2 N–H and O–H groups in total. The number of likely N-dealkylation sites (tertiary alicyclic amines) is 1. The van der Waals surface area contributed by atoms with Gasteiger partial charge in [-0.05, 0) is 12.8 Å². The number of anilines is 2. The third-order valence-electron chi connectivity index (χ3n) is 2.98. The molecule has 8 heteroatoms. The molecule has 2 rings (SSSR count). The number of nitrogens with zero attached hydrogens (tertiary/aromatic N) is 5. The zero-order valence-electron chi connectivity index (χ0n) is 11.2. The van der Waals surface area contributed by atoms with Crippen LogP contribution in [-0.4, -0.2) is 59.6 Å². The van der Waals surface area contributed by atoms with Crippen LogP contribution in [0, 0.1) is 0 Å². The van der Waals surface area contributed by atoms with Gasteiger partial charge in [-0.25, -0.2) is 0 Å². The second-order valence-electron chi connectivity index (χ2n) is 4.42. The third kappa shape index (κ3) is 3.21. The van der Waals surface area contributed by atoms with E-state index in [1.807, 2.05) is 4.90 Å². The van der Waals surface area contributed by atoms with Gasteiger partial charge >= 0.3 is 6.01 Å². The van der Waals surface area contributed by atoms with Gasteiger partial charge in [0.05, 0.1) is 13.7 Å². The van der Waals surface area contributed by atoms with Gasteiger partial charge in [0.2, 0.25) is 17.8 Å². The largest absolute Gasteiger partial charge is 0.467 e. The number of ether oxygens (including phenoxy) is 1. The Balaban J connectivity index is 2.04. The summed E-state index contributed by atoms with van der Waals surface area (Å²) >= 11 is 0. The number of carbonyl (C=O) groups is 1. The molecule has 0 atom stereocenters. The normalized spacial score (nSPS) is 14.5. The van der Waals surface area contributed by atoms with Crippen molar-refractivity contribution in [1.29, 1.82) is 0 Å². The lowest BCUT2D eigenvalue weighted by Crippen LogP contribution is -2.38. The van der Waals surface area contributed by atoms with Crippen molar-refractivity contribution < 1.29 is 9.53 Å². The van der Waals surface area contributed by atoms with Crippen molar-refractivity contribution >= 4 is 17.8 Å². The first-order valence-electron chi connectivity index (χ1n) is 6.14. The number of aromatic nitrogens is 3. The van der Waals surface area contributed by atoms with Crippen LogP contribution in [0.15, 0.2) is 0 Å². The minimum Gasteiger partial charge on any atom is -0.467 e. The smallest absolute Gasteiger partial charge is 0.322 e. The van der Waals surface area contributed by atoms with Crippen molar-refractivity contribution in [3.8, 4) is 6.01 Å². The topological polar surface area (TPSA) is 97.5 Å². The second kappa shape index (κ2) is 5.68. The fourth-order valence-electron chi connectivity index (χ4n) is 1.96. The van der Waals surface area contributed by atoms with E-state index in [0.29, 0.717) is 5.95 Å². The highest BCUT2D eigenvalue weighted by Gasteiger charge is 2.20. The van der Waals surface area contributed by atoms with Crippen LogP contribution in [0.1, 0.15) is 12.8 Å². The molecule has 8 nitrogen and oxygen atoms in total. The number of amides is 1. The zero-order chi connectivity index (χ0) is 13.8. The molecule has 0 radical (unpaired) electrons. The summed E-state index contributed by atoms with van der Waals surface area (Å²) in [5, 5.41) is 0. The molecule has 1 saturated heterocycles. The Labute approximate surface area is 111 Å². The SMILES string of the molecule is COc1nc(N)nc(N(C)CC(=O)N2CCCC2)n1. The molecule has 1 aliphatic heterocycles. The van der Waals surface area contributed by atoms with Crippen molar-refractivity contribution in [3.63, 3.8) is 0 Å². The Morgan fingerprint density at radius 3 is 2.68 bits per heavy atom. The van der Waals surface area contributed by atoms with Gasteiger partial charge in [-0.1, -0.05) is 0 Å². The van der Waals surface area contributed by atoms with Gasteiger partial charge < -0.3 is 20.3 Å². The number of hydrogen-bond acceptors (Lipinski definition) is 7. The van der Waals surface area contributed by atoms with E-state index in [1.165, 1.54) is 7.11 Å². The maximum Gasteiger partial charge on any atom is 0.322 e.